The zero-order valence-electron chi connectivity index (χ0n) is 16.7. The Balaban J connectivity index is 1.62. The number of amides is 1. The second-order valence-corrected chi connectivity index (χ2v) is 8.76. The molecule has 2 fully saturated rings. The van der Waals surface area contributed by atoms with Crippen LogP contribution in [0.3, 0.4) is 0 Å². The van der Waals surface area contributed by atoms with Crippen molar-refractivity contribution in [3.05, 3.63) is 11.9 Å². The highest BCUT2D eigenvalue weighted by Crippen LogP contribution is 2.50. The molecule has 2 aliphatic rings. The van der Waals surface area contributed by atoms with E-state index in [1.54, 1.807) is 10.9 Å². The van der Waals surface area contributed by atoms with E-state index in [0.717, 1.165) is 12.8 Å². The fourth-order valence-corrected chi connectivity index (χ4v) is 4.51. The van der Waals surface area contributed by atoms with E-state index < -0.39 is 12.2 Å². The average Bonchev–Trinajstić information content (AvgIpc) is 3.33. The van der Waals surface area contributed by atoms with E-state index in [1.807, 2.05) is 6.07 Å². The molecule has 1 aliphatic carbocycles. The number of alkyl halides is 1. The number of rotatable bonds is 6. The number of hydrogen-bond donors (Lipinski definition) is 2. The lowest BCUT2D eigenvalue weighted by Gasteiger charge is -2.42. The van der Waals surface area contributed by atoms with Gasteiger partial charge in [0.25, 0.3) is 0 Å². The highest BCUT2D eigenvalue weighted by Gasteiger charge is 2.51. The summed E-state index contributed by atoms with van der Waals surface area (Å²) >= 11 is 0. The van der Waals surface area contributed by atoms with Crippen molar-refractivity contribution in [2.75, 3.05) is 13.1 Å². The van der Waals surface area contributed by atoms with Gasteiger partial charge in [0, 0.05) is 18.5 Å². The largest absolute Gasteiger partial charge is 0.390 e. The standard InChI is InChI=1S/C19H29FN6O2/c1-18(2)13(9-25-11-15(12-27)23-24-25)4-5-19(18,3)22-8-17(28)26-10-14(20)6-16(26)7-21/h11,13-14,16,22,27H,4-6,8-10,12H2,1-3H3/t13-,14-,16-,19-/m0/s1. The van der Waals surface area contributed by atoms with Gasteiger partial charge < -0.3 is 15.3 Å². The van der Waals surface area contributed by atoms with Crippen LogP contribution in [0.4, 0.5) is 4.39 Å². The Morgan fingerprint density at radius 1 is 1.50 bits per heavy atom. The number of carbonyl (C=O) groups excluding carboxylic acids is 1. The minimum Gasteiger partial charge on any atom is -0.390 e. The predicted molar refractivity (Wildman–Crippen MR) is 99.5 cm³/mol. The second kappa shape index (κ2) is 7.76. The zero-order valence-corrected chi connectivity index (χ0v) is 16.7. The Morgan fingerprint density at radius 3 is 2.89 bits per heavy atom. The van der Waals surface area contributed by atoms with E-state index in [4.69, 9.17) is 10.4 Å². The number of nitrogens with one attached hydrogen (secondary N) is 1. The van der Waals surface area contributed by atoms with E-state index in [2.05, 4.69) is 36.4 Å². The smallest absolute Gasteiger partial charge is 0.237 e. The first-order valence-corrected chi connectivity index (χ1v) is 9.78. The third-order valence-corrected chi connectivity index (χ3v) is 6.94. The Kier molecular flexibility index (Phi) is 5.73. The van der Waals surface area contributed by atoms with Crippen LogP contribution < -0.4 is 5.32 Å². The van der Waals surface area contributed by atoms with Gasteiger partial charge in [-0.1, -0.05) is 19.1 Å². The van der Waals surface area contributed by atoms with Gasteiger partial charge in [-0.25, -0.2) is 4.39 Å². The molecule has 9 heteroatoms. The molecular weight excluding hydrogens is 363 g/mol. The van der Waals surface area contributed by atoms with Gasteiger partial charge in [-0.2, -0.15) is 5.26 Å². The number of nitriles is 1. The van der Waals surface area contributed by atoms with Crippen molar-refractivity contribution in [2.45, 2.75) is 70.9 Å². The van der Waals surface area contributed by atoms with Crippen molar-refractivity contribution in [2.24, 2.45) is 11.3 Å². The lowest BCUT2D eigenvalue weighted by atomic mass is 9.71. The first-order chi connectivity index (χ1) is 13.2. The minimum atomic E-state index is -1.12. The number of likely N-dealkylation sites (tertiary alicyclic amines) is 1. The predicted octanol–water partition coefficient (Wildman–Crippen LogP) is 1.02. The summed E-state index contributed by atoms with van der Waals surface area (Å²) in [7, 11) is 0. The lowest BCUT2D eigenvalue weighted by molar-refractivity contribution is -0.131. The molecule has 2 heterocycles. The highest BCUT2D eigenvalue weighted by atomic mass is 19.1. The Morgan fingerprint density at radius 2 is 2.25 bits per heavy atom. The summed E-state index contributed by atoms with van der Waals surface area (Å²) in [5.74, 6) is 0.0956. The van der Waals surface area contributed by atoms with Gasteiger partial charge in [-0.15, -0.1) is 5.10 Å². The first-order valence-electron chi connectivity index (χ1n) is 9.78. The Bertz CT molecular complexity index is 760. The van der Waals surface area contributed by atoms with Crippen LogP contribution >= 0.6 is 0 Å². The summed E-state index contributed by atoms with van der Waals surface area (Å²) in [5.41, 5.74) is 0.150. The number of halogens is 1. The van der Waals surface area contributed by atoms with Crippen molar-refractivity contribution in [1.82, 2.24) is 25.2 Å². The fourth-order valence-electron chi connectivity index (χ4n) is 4.51. The van der Waals surface area contributed by atoms with Crippen molar-refractivity contribution in [3.8, 4) is 6.07 Å². The van der Waals surface area contributed by atoms with Gasteiger partial charge >= 0.3 is 0 Å². The summed E-state index contributed by atoms with van der Waals surface area (Å²) in [5, 5.41) is 29.7. The van der Waals surface area contributed by atoms with E-state index in [-0.39, 0.29) is 43.0 Å². The number of aliphatic hydroxyl groups excluding tert-OH is 1. The zero-order chi connectivity index (χ0) is 20.5. The van der Waals surface area contributed by atoms with E-state index in [9.17, 15) is 9.18 Å². The summed E-state index contributed by atoms with van der Waals surface area (Å²) in [4.78, 5) is 13.9. The summed E-state index contributed by atoms with van der Waals surface area (Å²) in [6.45, 7) is 7.13. The normalized spacial score (nSPS) is 31.9. The van der Waals surface area contributed by atoms with Gasteiger partial charge in [-0.05, 0) is 31.1 Å². The van der Waals surface area contributed by atoms with Crippen molar-refractivity contribution < 1.29 is 14.3 Å². The number of aromatic nitrogens is 3. The Hall–Kier alpha value is -2.05. The van der Waals surface area contributed by atoms with Gasteiger partial charge in [0.2, 0.25) is 5.91 Å². The first kappa shape index (κ1) is 20.7. The molecule has 1 aromatic heterocycles. The van der Waals surface area contributed by atoms with Crippen LogP contribution in [-0.2, 0) is 17.9 Å². The van der Waals surface area contributed by atoms with Crippen molar-refractivity contribution >= 4 is 5.91 Å². The van der Waals surface area contributed by atoms with Crippen LogP contribution in [0.15, 0.2) is 6.20 Å². The molecule has 1 aromatic rings. The topological polar surface area (TPSA) is 107 Å². The molecule has 28 heavy (non-hydrogen) atoms. The molecule has 0 bridgehead atoms. The van der Waals surface area contributed by atoms with Gasteiger partial charge in [0.1, 0.15) is 17.9 Å². The maximum Gasteiger partial charge on any atom is 0.237 e. The quantitative estimate of drug-likeness (QED) is 0.748. The molecular formula is C19H29FN6O2. The highest BCUT2D eigenvalue weighted by molar-refractivity contribution is 5.79. The van der Waals surface area contributed by atoms with E-state index in [0.29, 0.717) is 18.2 Å². The molecule has 8 nitrogen and oxygen atoms in total. The number of nitrogens with zero attached hydrogens (tertiary/aromatic N) is 5. The molecule has 0 aromatic carbocycles. The SMILES string of the molecule is CC1(C)[C@H](Cn2cc(CO)nn2)CC[C@]1(C)NCC(=O)N1C[C@@H](F)C[C@H]1C#N. The molecule has 1 aliphatic heterocycles. The van der Waals surface area contributed by atoms with Crippen LogP contribution in [0.1, 0.15) is 45.7 Å². The fraction of sp³-hybridized carbons (Fsp3) is 0.789. The van der Waals surface area contributed by atoms with Gasteiger partial charge in [-0.3, -0.25) is 9.48 Å². The van der Waals surface area contributed by atoms with E-state index in [1.165, 1.54) is 4.90 Å². The maximum atomic E-state index is 13.6. The molecule has 154 valence electrons. The molecule has 0 unspecified atom stereocenters. The molecule has 0 spiro atoms. The molecule has 0 radical (unpaired) electrons. The third-order valence-electron chi connectivity index (χ3n) is 6.94. The molecule has 4 atom stereocenters. The lowest BCUT2D eigenvalue weighted by Crippen LogP contribution is -2.55. The van der Waals surface area contributed by atoms with Crippen LogP contribution in [0.2, 0.25) is 0 Å². The third kappa shape index (κ3) is 3.76. The monoisotopic (exact) mass is 392 g/mol. The Labute approximate surface area is 164 Å². The molecule has 1 amide bonds. The average molecular weight is 392 g/mol. The molecule has 3 rings (SSSR count). The van der Waals surface area contributed by atoms with Crippen LogP contribution in [0.5, 0.6) is 0 Å². The maximum absolute atomic E-state index is 13.6. The molecule has 1 saturated heterocycles. The van der Waals surface area contributed by atoms with Gasteiger partial charge in [0.15, 0.2) is 0 Å². The number of carbonyl (C=O) groups is 1. The molecule has 2 N–H and O–H groups in total. The van der Waals surface area contributed by atoms with E-state index >= 15 is 0 Å². The van der Waals surface area contributed by atoms with Crippen molar-refractivity contribution in [3.63, 3.8) is 0 Å². The summed E-state index contributed by atoms with van der Waals surface area (Å²) < 4.78 is 15.4. The summed E-state index contributed by atoms with van der Waals surface area (Å²) in [6.07, 6.45) is 2.60. The van der Waals surface area contributed by atoms with Gasteiger partial charge in [0.05, 0.1) is 32.0 Å². The number of aliphatic hydroxyl groups is 1. The second-order valence-electron chi connectivity index (χ2n) is 8.76. The van der Waals surface area contributed by atoms with Crippen LogP contribution in [-0.4, -0.2) is 61.7 Å². The van der Waals surface area contributed by atoms with Crippen LogP contribution in [0.25, 0.3) is 0 Å². The van der Waals surface area contributed by atoms with Crippen molar-refractivity contribution in [1.29, 1.82) is 5.26 Å². The minimum absolute atomic E-state index is 0.000954. The summed E-state index contributed by atoms with van der Waals surface area (Å²) in [6, 6.07) is 1.35. The van der Waals surface area contributed by atoms with Crippen LogP contribution in [0, 0.1) is 22.7 Å². The molecule has 1 saturated carbocycles. The number of hydrogen-bond acceptors (Lipinski definition) is 6.